The number of ether oxygens (including phenoxy) is 3. The molecule has 23 nitrogen and oxygen atoms in total. The van der Waals surface area contributed by atoms with Crippen LogP contribution in [-0.2, 0) is 23.8 Å². The highest BCUT2D eigenvalue weighted by Gasteiger charge is 2.46. The van der Waals surface area contributed by atoms with Gasteiger partial charge < -0.3 is 96.3 Å². The lowest BCUT2D eigenvalue weighted by Crippen LogP contribution is -2.55. The topological polar surface area (TPSA) is 403 Å². The van der Waals surface area contributed by atoms with Crippen LogP contribution in [0.25, 0.3) is 0 Å². The number of aliphatic carboxylic acids is 1. The van der Waals surface area contributed by atoms with E-state index < -0.39 is 157 Å². The van der Waals surface area contributed by atoms with Crippen molar-refractivity contribution < 1.29 is 105 Å². The van der Waals surface area contributed by atoms with Gasteiger partial charge in [-0.1, -0.05) is 0 Å². The number of esters is 1. The smallest absolute Gasteiger partial charge is 0.331 e. The van der Waals surface area contributed by atoms with Crippen LogP contribution >= 0.6 is 0 Å². The number of aliphatic hydroxyl groups excluding tert-OH is 9. The van der Waals surface area contributed by atoms with Crippen molar-refractivity contribution in [2.24, 2.45) is 0 Å². The van der Waals surface area contributed by atoms with Crippen molar-refractivity contribution in [3.8, 4) is 23.0 Å². The number of rotatable bonds is 13. The molecule has 2 aliphatic heterocycles. The Morgan fingerprint density at radius 3 is 1.38 bits per heavy atom. The Hall–Kier alpha value is -4.92. The highest BCUT2D eigenvalue weighted by Crippen LogP contribution is 2.40. The second-order valence-electron chi connectivity index (χ2n) is 12.6. The van der Waals surface area contributed by atoms with Crippen molar-refractivity contribution >= 4 is 23.8 Å². The fourth-order valence-electron chi connectivity index (χ4n) is 5.80. The lowest BCUT2D eigenvalue weighted by atomic mass is 9.90. The van der Waals surface area contributed by atoms with Crippen LogP contribution in [0.1, 0.15) is 44.1 Å². The quantitative estimate of drug-likeness (QED) is 0.0663. The van der Waals surface area contributed by atoms with Crippen LogP contribution in [0.2, 0.25) is 0 Å². The van der Waals surface area contributed by atoms with Crippen LogP contribution in [0.5, 0.6) is 23.0 Å². The summed E-state index contributed by atoms with van der Waals surface area (Å²) in [6.07, 6.45) is -16.9. The van der Waals surface area contributed by atoms with Gasteiger partial charge in [0, 0.05) is 0 Å². The van der Waals surface area contributed by atoms with Gasteiger partial charge in [-0.3, -0.25) is 9.59 Å². The van der Waals surface area contributed by atoms with E-state index >= 15 is 0 Å². The third-order valence-electron chi connectivity index (χ3n) is 8.92. The van der Waals surface area contributed by atoms with E-state index in [1.54, 1.807) is 0 Å². The Labute approximate surface area is 308 Å². The number of aromatic hydroxyl groups is 4. The molecule has 2 aliphatic rings. The molecule has 4 rings (SSSR count). The number of nitrogens with one attached hydrogen (secondary N) is 2. The summed E-state index contributed by atoms with van der Waals surface area (Å²) in [5.74, 6) is -10.1. The highest BCUT2D eigenvalue weighted by atomic mass is 16.6. The molecule has 23 heteroatoms. The molecule has 2 amide bonds. The number of hydrogen-bond donors (Lipinski definition) is 16. The van der Waals surface area contributed by atoms with Crippen LogP contribution in [0.15, 0.2) is 24.3 Å². The maximum atomic E-state index is 13.1. The maximum absolute atomic E-state index is 13.1. The van der Waals surface area contributed by atoms with Crippen LogP contribution in [0.3, 0.4) is 0 Å². The van der Waals surface area contributed by atoms with E-state index in [2.05, 4.69) is 0 Å². The number of carboxylic acid groups (broad SMARTS) is 1. The number of hydrogen-bond acceptors (Lipinski definition) is 20. The van der Waals surface area contributed by atoms with E-state index in [1.807, 2.05) is 10.6 Å². The number of carbonyl (C=O) groups is 4. The molecular formula is C32H40N2O21. The minimum atomic E-state index is -2.10. The largest absolute Gasteiger partial charge is 0.504 e. The predicted molar refractivity (Wildman–Crippen MR) is 173 cm³/mol. The number of amides is 2. The standard InChI is InChI=1S/C32H40N2O21/c35-5-13(33-29(48)11-1-9(3-15(38)19(11)40)27-25(46)23(44)21(42)17(6-36)54-27)32(52)53-8-14(31(50)51)34-30(49)12-2-10(4-16(39)20(12)41)28-26(47)24(45)22(43)18(7-37)55-28/h1-4,13-14,17-18,21-28,35-47H,5-8H2,(H,33,48)(H,34,49)(H,50,51)/t13-,14-,17+,18+,21+,22+,23-,24-,25+,26+,27-,28-/m0/s1. The summed E-state index contributed by atoms with van der Waals surface area (Å²) in [7, 11) is 0. The van der Waals surface area contributed by atoms with E-state index in [0.717, 1.165) is 24.3 Å². The number of phenolic OH excluding ortho intramolecular Hbond substituents is 4. The zero-order chi connectivity index (χ0) is 41.0. The van der Waals surface area contributed by atoms with Gasteiger partial charge >= 0.3 is 11.9 Å². The van der Waals surface area contributed by atoms with Gasteiger partial charge in [0.1, 0.15) is 67.6 Å². The molecule has 2 aromatic rings. The molecule has 12 atom stereocenters. The Balaban J connectivity index is 1.46. The number of aliphatic hydroxyl groups is 9. The molecular weight excluding hydrogens is 748 g/mol. The molecule has 0 aromatic heterocycles. The normalized spacial score (nSPS) is 29.1. The van der Waals surface area contributed by atoms with Crippen molar-refractivity contribution in [3.05, 3.63) is 46.5 Å². The summed E-state index contributed by atoms with van der Waals surface area (Å²) in [5.41, 5.74) is -2.10. The third-order valence-corrected chi connectivity index (χ3v) is 8.92. The van der Waals surface area contributed by atoms with Crippen molar-refractivity contribution in [1.29, 1.82) is 0 Å². The first kappa shape index (κ1) is 42.8. The average Bonchev–Trinajstić information content (AvgIpc) is 3.15. The molecule has 0 spiro atoms. The zero-order valence-electron chi connectivity index (χ0n) is 28.2. The molecule has 0 aliphatic carbocycles. The number of carboxylic acids is 1. The summed E-state index contributed by atoms with van der Waals surface area (Å²) in [4.78, 5) is 51.0. The SMILES string of the molecule is O=C(N[C@@H](COC(=O)[C@H](CO)NC(=O)c1cc([C@@H]2O[C@H](CO)[C@@H](O)[C@H](O)[C@H]2O)cc(O)c1O)C(=O)O)c1cc([C@@H]2O[C@H](CO)[C@@H](O)[C@H](O)[C@H]2O)cc(O)c1O. The van der Waals surface area contributed by atoms with Gasteiger partial charge in [-0.15, -0.1) is 0 Å². The second kappa shape index (κ2) is 17.7. The molecule has 55 heavy (non-hydrogen) atoms. The van der Waals surface area contributed by atoms with Gasteiger partial charge in [-0.05, 0) is 35.4 Å². The lowest BCUT2D eigenvalue weighted by Gasteiger charge is -2.40. The summed E-state index contributed by atoms with van der Waals surface area (Å²) in [6.45, 7) is -3.99. The minimum Gasteiger partial charge on any atom is -0.504 e. The maximum Gasteiger partial charge on any atom is 0.331 e. The number of carbonyl (C=O) groups excluding carboxylic acids is 3. The monoisotopic (exact) mass is 788 g/mol. The van der Waals surface area contributed by atoms with E-state index in [-0.39, 0.29) is 11.1 Å². The van der Waals surface area contributed by atoms with Gasteiger partial charge in [0.15, 0.2) is 35.1 Å². The van der Waals surface area contributed by atoms with Crippen LogP contribution in [0, 0.1) is 0 Å². The van der Waals surface area contributed by atoms with Crippen molar-refractivity contribution in [3.63, 3.8) is 0 Å². The molecule has 0 saturated carbocycles. The van der Waals surface area contributed by atoms with Crippen LogP contribution < -0.4 is 10.6 Å². The van der Waals surface area contributed by atoms with E-state index in [4.69, 9.17) is 14.2 Å². The highest BCUT2D eigenvalue weighted by molar-refractivity contribution is 6.01. The molecule has 2 fully saturated rings. The Kier molecular flexibility index (Phi) is 13.8. The van der Waals surface area contributed by atoms with Crippen LogP contribution in [-0.4, -0.2) is 183 Å². The molecule has 2 saturated heterocycles. The summed E-state index contributed by atoms with van der Waals surface area (Å²) in [5, 5.41) is 145. The van der Waals surface area contributed by atoms with Gasteiger partial charge in [-0.25, -0.2) is 9.59 Å². The molecule has 0 radical (unpaired) electrons. The molecule has 0 bridgehead atoms. The van der Waals surface area contributed by atoms with Gasteiger partial charge in [-0.2, -0.15) is 0 Å². The first-order valence-corrected chi connectivity index (χ1v) is 16.2. The first-order chi connectivity index (χ1) is 25.9. The van der Waals surface area contributed by atoms with Crippen LogP contribution in [0.4, 0.5) is 0 Å². The molecule has 0 unspecified atom stereocenters. The second-order valence-corrected chi connectivity index (χ2v) is 12.6. The summed E-state index contributed by atoms with van der Waals surface area (Å²) >= 11 is 0. The molecule has 2 aromatic carbocycles. The third kappa shape index (κ3) is 8.98. The first-order valence-electron chi connectivity index (χ1n) is 16.2. The van der Waals surface area contributed by atoms with Crippen molar-refractivity contribution in [1.82, 2.24) is 10.6 Å². The van der Waals surface area contributed by atoms with Crippen molar-refractivity contribution in [2.45, 2.75) is 73.1 Å². The average molecular weight is 789 g/mol. The van der Waals surface area contributed by atoms with Crippen molar-refractivity contribution in [2.75, 3.05) is 26.4 Å². The van der Waals surface area contributed by atoms with Gasteiger partial charge in [0.2, 0.25) is 0 Å². The summed E-state index contributed by atoms with van der Waals surface area (Å²) < 4.78 is 15.6. The Morgan fingerprint density at radius 2 is 1.02 bits per heavy atom. The number of benzene rings is 2. The predicted octanol–water partition coefficient (Wildman–Crippen LogP) is -5.94. The fourth-order valence-corrected chi connectivity index (χ4v) is 5.80. The minimum absolute atomic E-state index is 0.251. The Morgan fingerprint density at radius 1 is 0.618 bits per heavy atom. The molecule has 16 N–H and O–H groups in total. The molecule has 304 valence electrons. The zero-order valence-corrected chi connectivity index (χ0v) is 28.2. The van der Waals surface area contributed by atoms with E-state index in [9.17, 15) is 90.7 Å². The summed E-state index contributed by atoms with van der Waals surface area (Å²) in [6, 6.07) is -0.729. The Bertz CT molecular complexity index is 1740. The van der Waals surface area contributed by atoms with E-state index in [0.29, 0.717) is 0 Å². The van der Waals surface area contributed by atoms with Gasteiger partial charge in [0.05, 0.1) is 30.9 Å². The fraction of sp³-hybridized carbons (Fsp3) is 0.500. The van der Waals surface area contributed by atoms with E-state index in [1.165, 1.54) is 0 Å². The number of phenols is 4. The molecule has 2 heterocycles. The lowest BCUT2D eigenvalue weighted by molar-refractivity contribution is -0.231. The van der Waals surface area contributed by atoms with Gasteiger partial charge in [0.25, 0.3) is 11.8 Å².